The zero-order valence-electron chi connectivity index (χ0n) is 12.8. The van der Waals surface area contributed by atoms with Crippen molar-refractivity contribution in [2.24, 2.45) is 0 Å². The van der Waals surface area contributed by atoms with Gasteiger partial charge >= 0.3 is 0 Å². The van der Waals surface area contributed by atoms with Gasteiger partial charge in [0, 0.05) is 11.1 Å². The highest BCUT2D eigenvalue weighted by molar-refractivity contribution is 7.21. The number of nitrogen functional groups attached to an aromatic ring is 1. The van der Waals surface area contributed by atoms with E-state index in [0.29, 0.717) is 21.3 Å². The summed E-state index contributed by atoms with van der Waals surface area (Å²) in [4.78, 5) is 18.0. The van der Waals surface area contributed by atoms with Crippen molar-refractivity contribution in [2.75, 3.05) is 11.1 Å². The van der Waals surface area contributed by atoms with Crippen LogP contribution in [-0.2, 0) is 0 Å². The lowest BCUT2D eigenvalue weighted by molar-refractivity contribution is 0.103. The number of halogens is 1. The fourth-order valence-corrected chi connectivity index (χ4v) is 3.24. The third-order valence-corrected chi connectivity index (χ3v) is 4.65. The Morgan fingerprint density at radius 2 is 2.00 bits per heavy atom. The number of amides is 1. The molecule has 0 fully saturated rings. The van der Waals surface area contributed by atoms with Crippen molar-refractivity contribution in [3.05, 3.63) is 52.8 Å². The molecule has 4 nitrogen and oxygen atoms in total. The Bertz CT molecular complexity index is 889. The number of aromatic nitrogens is 1. The molecule has 0 aliphatic carbocycles. The number of carbonyl (C=O) groups excluding carboxylic acids is 1. The van der Waals surface area contributed by atoms with E-state index in [1.165, 1.54) is 23.5 Å². The minimum absolute atomic E-state index is 0.130. The number of rotatable bonds is 3. The molecule has 0 saturated heterocycles. The van der Waals surface area contributed by atoms with Crippen LogP contribution in [0, 0.1) is 5.82 Å². The van der Waals surface area contributed by atoms with Crippen LogP contribution in [0.2, 0.25) is 0 Å². The number of nitrogens with zero attached hydrogens (tertiary/aromatic N) is 1. The molecule has 0 atom stereocenters. The van der Waals surface area contributed by atoms with Gasteiger partial charge in [0.15, 0.2) is 0 Å². The van der Waals surface area contributed by atoms with E-state index in [-0.39, 0.29) is 5.69 Å². The van der Waals surface area contributed by atoms with Gasteiger partial charge in [-0.15, -0.1) is 11.3 Å². The molecule has 0 aliphatic heterocycles. The number of fused-ring (bicyclic) bond motifs is 1. The number of hydrogen-bond acceptors (Lipinski definition) is 4. The fraction of sp³-hybridized carbons (Fsp3) is 0.176. The van der Waals surface area contributed by atoms with Crippen LogP contribution < -0.4 is 11.1 Å². The normalized spacial score (nSPS) is 11.1. The molecular weight excluding hydrogens is 313 g/mol. The van der Waals surface area contributed by atoms with Crippen LogP contribution in [0.5, 0.6) is 0 Å². The second-order valence-corrected chi connectivity index (χ2v) is 6.52. The van der Waals surface area contributed by atoms with Gasteiger partial charge in [-0.2, -0.15) is 0 Å². The van der Waals surface area contributed by atoms with Crippen LogP contribution in [0.15, 0.2) is 36.4 Å². The number of thiophene rings is 1. The largest absolute Gasteiger partial charge is 0.397 e. The van der Waals surface area contributed by atoms with Gasteiger partial charge in [0.25, 0.3) is 5.91 Å². The van der Waals surface area contributed by atoms with Crippen LogP contribution in [-0.4, -0.2) is 10.9 Å². The van der Waals surface area contributed by atoms with E-state index in [0.717, 1.165) is 11.1 Å². The average Bonchev–Trinajstić information content (AvgIpc) is 2.86. The lowest BCUT2D eigenvalue weighted by Crippen LogP contribution is -2.12. The standard InChI is InChI=1S/C17H16FN3OS/c1-9(2)12-8-7-10-14(19)15(23-17(10)21-12)16(22)20-13-6-4-3-5-11(13)18/h3-9H,19H2,1-2H3,(H,20,22). The van der Waals surface area contributed by atoms with Crippen LogP contribution in [0.1, 0.15) is 35.1 Å². The molecule has 118 valence electrons. The van der Waals surface area contributed by atoms with Gasteiger partial charge in [-0.25, -0.2) is 9.37 Å². The van der Waals surface area contributed by atoms with Crippen molar-refractivity contribution in [1.29, 1.82) is 0 Å². The zero-order valence-corrected chi connectivity index (χ0v) is 13.6. The van der Waals surface area contributed by atoms with Crippen LogP contribution in [0.25, 0.3) is 10.2 Å². The van der Waals surface area contributed by atoms with Gasteiger partial charge in [0.2, 0.25) is 0 Å². The predicted molar refractivity (Wildman–Crippen MR) is 92.5 cm³/mol. The fourth-order valence-electron chi connectivity index (χ4n) is 2.24. The Balaban J connectivity index is 1.97. The van der Waals surface area contributed by atoms with Crippen LogP contribution in [0.4, 0.5) is 15.8 Å². The zero-order chi connectivity index (χ0) is 16.6. The van der Waals surface area contributed by atoms with E-state index in [1.54, 1.807) is 12.1 Å². The predicted octanol–water partition coefficient (Wildman–Crippen LogP) is 4.39. The first-order chi connectivity index (χ1) is 11.0. The molecule has 1 amide bonds. The van der Waals surface area contributed by atoms with Crippen molar-refractivity contribution in [2.45, 2.75) is 19.8 Å². The van der Waals surface area contributed by atoms with Gasteiger partial charge in [-0.3, -0.25) is 4.79 Å². The maximum absolute atomic E-state index is 13.7. The van der Waals surface area contributed by atoms with Crippen LogP contribution in [0.3, 0.4) is 0 Å². The molecule has 2 heterocycles. The quantitative estimate of drug-likeness (QED) is 0.748. The topological polar surface area (TPSA) is 68.0 Å². The summed E-state index contributed by atoms with van der Waals surface area (Å²) in [5.74, 6) is -0.624. The smallest absolute Gasteiger partial charge is 0.268 e. The van der Waals surface area contributed by atoms with E-state index in [1.807, 2.05) is 12.1 Å². The van der Waals surface area contributed by atoms with E-state index in [9.17, 15) is 9.18 Å². The summed E-state index contributed by atoms with van der Waals surface area (Å²) in [6.45, 7) is 4.11. The molecule has 23 heavy (non-hydrogen) atoms. The maximum Gasteiger partial charge on any atom is 0.268 e. The summed E-state index contributed by atoms with van der Waals surface area (Å²) < 4.78 is 13.7. The summed E-state index contributed by atoms with van der Waals surface area (Å²) in [6, 6.07) is 9.81. The van der Waals surface area contributed by atoms with Crippen molar-refractivity contribution < 1.29 is 9.18 Å². The number of para-hydroxylation sites is 1. The SMILES string of the molecule is CC(C)c1ccc2c(N)c(C(=O)Nc3ccccc3F)sc2n1. The van der Waals surface area contributed by atoms with E-state index < -0.39 is 11.7 Å². The van der Waals surface area contributed by atoms with E-state index in [4.69, 9.17) is 5.73 Å². The van der Waals surface area contributed by atoms with Gasteiger partial charge in [-0.1, -0.05) is 26.0 Å². The molecule has 0 bridgehead atoms. The maximum atomic E-state index is 13.7. The average molecular weight is 329 g/mol. The van der Waals surface area contributed by atoms with Crippen LogP contribution >= 0.6 is 11.3 Å². The van der Waals surface area contributed by atoms with Gasteiger partial charge in [0.1, 0.15) is 15.5 Å². The second-order valence-electron chi connectivity index (χ2n) is 5.52. The number of anilines is 2. The first-order valence-corrected chi connectivity index (χ1v) is 8.04. The molecular formula is C17H16FN3OS. The minimum atomic E-state index is -0.485. The molecule has 3 aromatic rings. The highest BCUT2D eigenvalue weighted by atomic mass is 32.1. The molecule has 3 rings (SSSR count). The molecule has 0 saturated carbocycles. The van der Waals surface area contributed by atoms with Crippen molar-refractivity contribution in [1.82, 2.24) is 4.98 Å². The highest BCUT2D eigenvalue weighted by Gasteiger charge is 2.19. The van der Waals surface area contributed by atoms with Gasteiger partial charge in [-0.05, 0) is 30.2 Å². The number of hydrogen-bond donors (Lipinski definition) is 2. The molecule has 0 spiro atoms. The molecule has 0 unspecified atom stereocenters. The molecule has 1 aromatic carbocycles. The Morgan fingerprint density at radius 1 is 1.26 bits per heavy atom. The summed E-state index contributed by atoms with van der Waals surface area (Å²) in [5.41, 5.74) is 7.52. The molecule has 6 heteroatoms. The van der Waals surface area contributed by atoms with E-state index in [2.05, 4.69) is 24.1 Å². The third-order valence-electron chi connectivity index (χ3n) is 3.54. The Labute approximate surface area is 137 Å². The molecule has 0 radical (unpaired) electrons. The minimum Gasteiger partial charge on any atom is -0.397 e. The number of nitrogens with one attached hydrogen (secondary N) is 1. The first-order valence-electron chi connectivity index (χ1n) is 7.22. The molecule has 0 aliphatic rings. The van der Waals surface area contributed by atoms with Gasteiger partial charge < -0.3 is 11.1 Å². The van der Waals surface area contributed by atoms with Crippen molar-refractivity contribution >= 4 is 38.8 Å². The Hall–Kier alpha value is -2.47. The van der Waals surface area contributed by atoms with E-state index >= 15 is 0 Å². The second kappa shape index (κ2) is 5.96. The Morgan fingerprint density at radius 3 is 2.70 bits per heavy atom. The molecule has 2 aromatic heterocycles. The Kier molecular flexibility index (Phi) is 4.00. The number of benzene rings is 1. The lowest BCUT2D eigenvalue weighted by Gasteiger charge is -2.05. The summed E-state index contributed by atoms with van der Waals surface area (Å²) in [6.07, 6.45) is 0. The van der Waals surface area contributed by atoms with Crippen molar-refractivity contribution in [3.8, 4) is 0 Å². The summed E-state index contributed by atoms with van der Waals surface area (Å²) >= 11 is 1.22. The number of pyridine rings is 1. The third kappa shape index (κ3) is 2.90. The number of carbonyl (C=O) groups is 1. The highest BCUT2D eigenvalue weighted by Crippen LogP contribution is 2.34. The van der Waals surface area contributed by atoms with Crippen molar-refractivity contribution in [3.63, 3.8) is 0 Å². The molecule has 3 N–H and O–H groups in total. The lowest BCUT2D eigenvalue weighted by atomic mass is 10.1. The summed E-state index contributed by atoms with van der Waals surface area (Å²) in [7, 11) is 0. The summed E-state index contributed by atoms with van der Waals surface area (Å²) in [5, 5.41) is 3.30. The number of nitrogens with two attached hydrogens (primary N) is 1. The monoisotopic (exact) mass is 329 g/mol. The van der Waals surface area contributed by atoms with Gasteiger partial charge in [0.05, 0.1) is 11.4 Å². The first kappa shape index (κ1) is 15.4.